The maximum Gasteiger partial charge on any atom is 0.0794 e. The molecule has 1 atom stereocenters. The highest BCUT2D eigenvalue weighted by Crippen LogP contribution is 2.22. The molecule has 0 saturated carbocycles. The van der Waals surface area contributed by atoms with E-state index in [9.17, 15) is 0 Å². The van der Waals surface area contributed by atoms with Gasteiger partial charge in [0.2, 0.25) is 0 Å². The van der Waals surface area contributed by atoms with Crippen molar-refractivity contribution in [3.8, 4) is 0 Å². The first kappa shape index (κ1) is 14.2. The SMILES string of the molecule is CCCNC(Cc1ccc2ccccc2n1)c1cncs1. The van der Waals surface area contributed by atoms with Gasteiger partial charge in [0.25, 0.3) is 0 Å². The lowest BCUT2D eigenvalue weighted by molar-refractivity contribution is 0.531. The van der Waals surface area contributed by atoms with Crippen LogP contribution >= 0.6 is 11.3 Å². The van der Waals surface area contributed by atoms with Crippen LogP contribution in [0.1, 0.15) is 30.0 Å². The van der Waals surface area contributed by atoms with E-state index >= 15 is 0 Å². The number of pyridine rings is 1. The maximum atomic E-state index is 4.78. The Hall–Kier alpha value is -1.78. The van der Waals surface area contributed by atoms with Gasteiger partial charge < -0.3 is 5.32 Å². The Morgan fingerprint density at radius 1 is 1.19 bits per heavy atom. The molecule has 108 valence electrons. The lowest BCUT2D eigenvalue weighted by atomic mass is 10.1. The van der Waals surface area contributed by atoms with Crippen LogP contribution in [-0.4, -0.2) is 16.5 Å². The summed E-state index contributed by atoms with van der Waals surface area (Å²) in [6, 6.07) is 12.8. The first-order valence-electron chi connectivity index (χ1n) is 7.33. The van der Waals surface area contributed by atoms with Gasteiger partial charge in [-0.15, -0.1) is 11.3 Å². The number of aromatic nitrogens is 2. The van der Waals surface area contributed by atoms with Crippen molar-refractivity contribution in [2.45, 2.75) is 25.8 Å². The molecule has 1 aromatic carbocycles. The van der Waals surface area contributed by atoms with Crippen molar-refractivity contribution >= 4 is 22.2 Å². The van der Waals surface area contributed by atoms with Gasteiger partial charge >= 0.3 is 0 Å². The van der Waals surface area contributed by atoms with Crippen molar-refractivity contribution < 1.29 is 0 Å². The molecular weight excluding hydrogens is 278 g/mol. The third kappa shape index (κ3) is 3.46. The molecule has 1 N–H and O–H groups in total. The van der Waals surface area contributed by atoms with E-state index < -0.39 is 0 Å². The Morgan fingerprint density at radius 3 is 2.90 bits per heavy atom. The molecule has 0 bridgehead atoms. The van der Waals surface area contributed by atoms with E-state index in [0.29, 0.717) is 6.04 Å². The second-order valence-corrected chi connectivity index (χ2v) is 6.03. The number of para-hydroxylation sites is 1. The summed E-state index contributed by atoms with van der Waals surface area (Å²) in [6.45, 7) is 3.20. The fourth-order valence-electron chi connectivity index (χ4n) is 2.42. The zero-order valence-electron chi connectivity index (χ0n) is 12.1. The van der Waals surface area contributed by atoms with Crippen LogP contribution in [-0.2, 0) is 6.42 Å². The molecule has 2 aromatic heterocycles. The van der Waals surface area contributed by atoms with Crippen molar-refractivity contribution in [3.63, 3.8) is 0 Å². The number of hydrogen-bond acceptors (Lipinski definition) is 4. The highest BCUT2D eigenvalue weighted by atomic mass is 32.1. The molecule has 0 aliphatic carbocycles. The number of thiazole rings is 1. The monoisotopic (exact) mass is 297 g/mol. The second kappa shape index (κ2) is 6.78. The molecule has 1 unspecified atom stereocenters. The molecule has 0 aliphatic rings. The van der Waals surface area contributed by atoms with Crippen LogP contribution < -0.4 is 5.32 Å². The predicted molar refractivity (Wildman–Crippen MR) is 88.6 cm³/mol. The summed E-state index contributed by atoms with van der Waals surface area (Å²) in [5, 5.41) is 4.79. The minimum absolute atomic E-state index is 0.297. The Labute approximate surface area is 129 Å². The fraction of sp³-hybridized carbons (Fsp3) is 0.294. The summed E-state index contributed by atoms with van der Waals surface area (Å²) in [6.07, 6.45) is 3.98. The van der Waals surface area contributed by atoms with Crippen LogP contribution in [0.25, 0.3) is 10.9 Å². The average Bonchev–Trinajstić information content (AvgIpc) is 3.05. The molecular formula is C17H19N3S. The van der Waals surface area contributed by atoms with Gasteiger partial charge in [0.05, 0.1) is 11.0 Å². The largest absolute Gasteiger partial charge is 0.309 e. The summed E-state index contributed by atoms with van der Waals surface area (Å²) in [7, 11) is 0. The van der Waals surface area contributed by atoms with E-state index in [2.05, 4.69) is 41.5 Å². The molecule has 3 aromatic rings. The van der Waals surface area contributed by atoms with Crippen molar-refractivity contribution in [1.82, 2.24) is 15.3 Å². The normalized spacial score (nSPS) is 12.6. The molecule has 0 fully saturated rings. The van der Waals surface area contributed by atoms with Crippen molar-refractivity contribution in [2.24, 2.45) is 0 Å². The van der Waals surface area contributed by atoms with Gasteiger partial charge in [-0.2, -0.15) is 0 Å². The first-order valence-corrected chi connectivity index (χ1v) is 8.21. The van der Waals surface area contributed by atoms with Gasteiger partial charge in [-0.05, 0) is 25.1 Å². The standard InChI is InChI=1S/C17H19N3S/c1-2-9-19-16(17-11-18-12-21-17)10-14-8-7-13-5-3-4-6-15(13)20-14/h3-8,11-12,16,19H,2,9-10H2,1H3. The minimum atomic E-state index is 0.297. The van der Waals surface area contributed by atoms with Gasteiger partial charge in [0, 0.05) is 34.6 Å². The lowest BCUT2D eigenvalue weighted by Gasteiger charge is -2.16. The number of fused-ring (bicyclic) bond motifs is 1. The molecule has 0 saturated heterocycles. The number of hydrogen-bond donors (Lipinski definition) is 1. The zero-order chi connectivity index (χ0) is 14.5. The molecule has 4 heteroatoms. The molecule has 0 radical (unpaired) electrons. The van der Waals surface area contributed by atoms with E-state index in [4.69, 9.17) is 4.98 Å². The number of nitrogens with zero attached hydrogens (tertiary/aromatic N) is 2. The zero-order valence-corrected chi connectivity index (χ0v) is 12.9. The molecule has 3 nitrogen and oxygen atoms in total. The van der Waals surface area contributed by atoms with Gasteiger partial charge in [-0.1, -0.05) is 31.2 Å². The van der Waals surface area contributed by atoms with Crippen molar-refractivity contribution in [2.75, 3.05) is 6.54 Å². The number of rotatable bonds is 6. The summed E-state index contributed by atoms with van der Waals surface area (Å²) < 4.78 is 0. The first-order chi connectivity index (χ1) is 10.4. The second-order valence-electron chi connectivity index (χ2n) is 5.11. The lowest BCUT2D eigenvalue weighted by Crippen LogP contribution is -2.23. The van der Waals surface area contributed by atoms with Gasteiger partial charge in [-0.25, -0.2) is 0 Å². The Kier molecular flexibility index (Phi) is 4.58. The van der Waals surface area contributed by atoms with E-state index in [1.807, 2.05) is 23.8 Å². The van der Waals surface area contributed by atoms with Gasteiger partial charge in [0.15, 0.2) is 0 Å². The summed E-state index contributed by atoms with van der Waals surface area (Å²) in [5.74, 6) is 0. The molecule has 0 spiro atoms. The molecule has 0 aliphatic heterocycles. The van der Waals surface area contributed by atoms with Crippen LogP contribution in [0.5, 0.6) is 0 Å². The minimum Gasteiger partial charge on any atom is -0.309 e. The van der Waals surface area contributed by atoms with Crippen LogP contribution in [0.15, 0.2) is 48.1 Å². The smallest absolute Gasteiger partial charge is 0.0794 e. The van der Waals surface area contributed by atoms with E-state index in [1.54, 1.807) is 11.3 Å². The Morgan fingerprint density at radius 2 is 2.10 bits per heavy atom. The summed E-state index contributed by atoms with van der Waals surface area (Å²) in [4.78, 5) is 10.3. The molecule has 3 rings (SSSR count). The Bertz CT molecular complexity index is 694. The Balaban J connectivity index is 1.83. The van der Waals surface area contributed by atoms with Crippen LogP contribution in [0.3, 0.4) is 0 Å². The molecule has 0 amide bonds. The maximum absolute atomic E-state index is 4.78. The van der Waals surface area contributed by atoms with E-state index in [-0.39, 0.29) is 0 Å². The van der Waals surface area contributed by atoms with Crippen LogP contribution in [0.2, 0.25) is 0 Å². The van der Waals surface area contributed by atoms with Crippen LogP contribution in [0.4, 0.5) is 0 Å². The topological polar surface area (TPSA) is 37.8 Å². The predicted octanol–water partition coefficient (Wildman–Crippen LogP) is 3.97. The molecule has 2 heterocycles. The van der Waals surface area contributed by atoms with Crippen LogP contribution in [0, 0.1) is 0 Å². The van der Waals surface area contributed by atoms with E-state index in [0.717, 1.165) is 30.6 Å². The number of benzene rings is 1. The third-order valence-electron chi connectivity index (χ3n) is 3.50. The number of nitrogens with one attached hydrogen (secondary N) is 1. The fourth-order valence-corrected chi connectivity index (χ4v) is 3.12. The van der Waals surface area contributed by atoms with Crippen molar-refractivity contribution in [3.05, 3.63) is 58.7 Å². The molecule has 21 heavy (non-hydrogen) atoms. The van der Waals surface area contributed by atoms with E-state index in [1.165, 1.54) is 10.3 Å². The quantitative estimate of drug-likeness (QED) is 0.748. The third-order valence-corrected chi connectivity index (χ3v) is 4.39. The van der Waals surface area contributed by atoms with Crippen molar-refractivity contribution in [1.29, 1.82) is 0 Å². The average molecular weight is 297 g/mol. The van der Waals surface area contributed by atoms with Gasteiger partial charge in [0.1, 0.15) is 0 Å². The highest BCUT2D eigenvalue weighted by molar-refractivity contribution is 7.09. The summed E-state index contributed by atoms with van der Waals surface area (Å²) in [5.41, 5.74) is 4.08. The highest BCUT2D eigenvalue weighted by Gasteiger charge is 2.14. The summed E-state index contributed by atoms with van der Waals surface area (Å²) >= 11 is 1.70. The van der Waals surface area contributed by atoms with Gasteiger partial charge in [-0.3, -0.25) is 9.97 Å².